The second kappa shape index (κ2) is 3.99. The van der Waals surface area contributed by atoms with Gasteiger partial charge in [-0.25, -0.2) is 0 Å². The maximum atomic E-state index is 10.7. The van der Waals surface area contributed by atoms with Crippen LogP contribution in [0.2, 0.25) is 0 Å². The molecule has 0 spiro atoms. The summed E-state index contributed by atoms with van der Waals surface area (Å²) in [5.74, 6) is 1.37. The Kier molecular flexibility index (Phi) is 2.45. The van der Waals surface area contributed by atoms with Crippen LogP contribution in [0.5, 0.6) is 11.5 Å². The molecular weight excluding hydrogens is 230 g/mol. The number of hydrogen-bond acceptors (Lipinski definition) is 4. The van der Waals surface area contributed by atoms with Crippen LogP contribution in [0.1, 0.15) is 18.1 Å². The SMILES string of the molecule is CC(O)(c1cccnc1)c1ccc2c(c1)OCO2. The lowest BCUT2D eigenvalue weighted by atomic mass is 9.89. The van der Waals surface area contributed by atoms with Gasteiger partial charge in [0.05, 0.1) is 0 Å². The topological polar surface area (TPSA) is 51.6 Å². The molecule has 92 valence electrons. The number of hydrogen-bond donors (Lipinski definition) is 1. The molecule has 4 heteroatoms. The van der Waals surface area contributed by atoms with Crippen molar-refractivity contribution in [2.75, 3.05) is 6.79 Å². The Morgan fingerprint density at radius 1 is 1.17 bits per heavy atom. The molecule has 0 bridgehead atoms. The number of benzene rings is 1. The maximum absolute atomic E-state index is 10.7. The van der Waals surface area contributed by atoms with E-state index in [1.807, 2.05) is 18.2 Å². The summed E-state index contributed by atoms with van der Waals surface area (Å²) in [6, 6.07) is 9.09. The van der Waals surface area contributed by atoms with Crippen LogP contribution in [0.25, 0.3) is 0 Å². The van der Waals surface area contributed by atoms with Gasteiger partial charge in [-0.15, -0.1) is 0 Å². The van der Waals surface area contributed by atoms with Gasteiger partial charge in [0.15, 0.2) is 11.5 Å². The van der Waals surface area contributed by atoms with E-state index in [9.17, 15) is 5.11 Å². The molecule has 18 heavy (non-hydrogen) atoms. The lowest BCUT2D eigenvalue weighted by molar-refractivity contribution is 0.101. The van der Waals surface area contributed by atoms with Crippen molar-refractivity contribution in [2.45, 2.75) is 12.5 Å². The normalized spacial score (nSPS) is 16.3. The van der Waals surface area contributed by atoms with Gasteiger partial charge in [0, 0.05) is 18.0 Å². The number of fused-ring (bicyclic) bond motifs is 1. The molecule has 1 atom stereocenters. The van der Waals surface area contributed by atoms with E-state index >= 15 is 0 Å². The Bertz CT molecular complexity index is 567. The first-order valence-corrected chi connectivity index (χ1v) is 5.71. The average molecular weight is 243 g/mol. The van der Waals surface area contributed by atoms with Crippen LogP contribution >= 0.6 is 0 Å². The zero-order valence-corrected chi connectivity index (χ0v) is 9.96. The Morgan fingerprint density at radius 3 is 2.78 bits per heavy atom. The predicted octanol–water partition coefficient (Wildman–Crippen LogP) is 2.07. The van der Waals surface area contributed by atoms with Crippen LogP contribution in [0.4, 0.5) is 0 Å². The van der Waals surface area contributed by atoms with Gasteiger partial charge in [-0.05, 0) is 30.7 Å². The largest absolute Gasteiger partial charge is 0.454 e. The monoisotopic (exact) mass is 243 g/mol. The molecule has 1 unspecified atom stereocenters. The number of aromatic nitrogens is 1. The summed E-state index contributed by atoms with van der Waals surface area (Å²) in [5, 5.41) is 10.7. The number of aliphatic hydroxyl groups is 1. The highest BCUT2D eigenvalue weighted by molar-refractivity contribution is 5.47. The van der Waals surface area contributed by atoms with Gasteiger partial charge in [-0.1, -0.05) is 12.1 Å². The second-order valence-electron chi connectivity index (χ2n) is 4.38. The van der Waals surface area contributed by atoms with Gasteiger partial charge in [-0.2, -0.15) is 0 Å². The number of pyridine rings is 1. The predicted molar refractivity (Wildman–Crippen MR) is 65.5 cm³/mol. The molecule has 0 saturated carbocycles. The van der Waals surface area contributed by atoms with Crippen LogP contribution in [-0.4, -0.2) is 16.9 Å². The van der Waals surface area contributed by atoms with E-state index in [4.69, 9.17) is 9.47 Å². The van der Waals surface area contributed by atoms with Crippen LogP contribution in [0.3, 0.4) is 0 Å². The van der Waals surface area contributed by atoms with Crippen molar-refractivity contribution >= 4 is 0 Å². The highest BCUT2D eigenvalue weighted by Gasteiger charge is 2.28. The zero-order chi connectivity index (χ0) is 12.6. The maximum Gasteiger partial charge on any atom is 0.231 e. The zero-order valence-electron chi connectivity index (χ0n) is 9.96. The van der Waals surface area contributed by atoms with E-state index in [0.717, 1.165) is 11.1 Å². The number of ether oxygens (including phenoxy) is 2. The fourth-order valence-electron chi connectivity index (χ4n) is 2.02. The molecule has 2 aromatic rings. The highest BCUT2D eigenvalue weighted by Crippen LogP contribution is 2.37. The van der Waals surface area contributed by atoms with Crippen molar-refractivity contribution in [3.8, 4) is 11.5 Å². The van der Waals surface area contributed by atoms with Crippen molar-refractivity contribution < 1.29 is 14.6 Å². The fraction of sp³-hybridized carbons (Fsp3) is 0.214. The molecular formula is C14H13NO3. The summed E-state index contributed by atoms with van der Waals surface area (Å²) in [6.07, 6.45) is 3.34. The molecule has 0 amide bonds. The van der Waals surface area contributed by atoms with Crippen LogP contribution in [-0.2, 0) is 5.60 Å². The molecule has 1 aromatic heterocycles. The summed E-state index contributed by atoms with van der Waals surface area (Å²) >= 11 is 0. The van der Waals surface area contributed by atoms with Crippen molar-refractivity contribution in [3.05, 3.63) is 53.9 Å². The molecule has 4 nitrogen and oxygen atoms in total. The van der Waals surface area contributed by atoms with Gasteiger partial charge >= 0.3 is 0 Å². The minimum absolute atomic E-state index is 0.230. The summed E-state index contributed by atoms with van der Waals surface area (Å²) in [6.45, 7) is 1.97. The van der Waals surface area contributed by atoms with Crippen LogP contribution in [0.15, 0.2) is 42.7 Å². The van der Waals surface area contributed by atoms with Gasteiger partial charge in [0.2, 0.25) is 6.79 Å². The summed E-state index contributed by atoms with van der Waals surface area (Å²) in [5.41, 5.74) is 0.388. The smallest absolute Gasteiger partial charge is 0.231 e. The van der Waals surface area contributed by atoms with Crippen LogP contribution < -0.4 is 9.47 Å². The third-order valence-electron chi connectivity index (χ3n) is 3.16. The van der Waals surface area contributed by atoms with Gasteiger partial charge in [0.1, 0.15) is 5.60 Å². The Hall–Kier alpha value is -2.07. The summed E-state index contributed by atoms with van der Waals surface area (Å²) in [7, 11) is 0. The minimum atomic E-state index is -1.10. The molecule has 1 aliphatic heterocycles. The van der Waals surface area contributed by atoms with Crippen molar-refractivity contribution in [2.24, 2.45) is 0 Å². The van der Waals surface area contributed by atoms with E-state index in [2.05, 4.69) is 4.98 Å². The first-order valence-electron chi connectivity index (χ1n) is 5.71. The molecule has 0 saturated heterocycles. The molecule has 0 radical (unpaired) electrons. The molecule has 3 rings (SSSR count). The number of rotatable bonds is 2. The summed E-state index contributed by atoms with van der Waals surface area (Å²) < 4.78 is 10.6. The molecule has 0 aliphatic carbocycles. The minimum Gasteiger partial charge on any atom is -0.454 e. The molecule has 1 aromatic carbocycles. The van der Waals surface area contributed by atoms with E-state index in [-0.39, 0.29) is 6.79 Å². The van der Waals surface area contributed by atoms with Crippen LogP contribution in [0, 0.1) is 0 Å². The van der Waals surface area contributed by atoms with Gasteiger partial charge in [-0.3, -0.25) is 4.98 Å². The number of nitrogens with zero attached hydrogens (tertiary/aromatic N) is 1. The Morgan fingerprint density at radius 2 is 2.00 bits per heavy atom. The molecule has 0 fully saturated rings. The quantitative estimate of drug-likeness (QED) is 0.877. The second-order valence-corrected chi connectivity index (χ2v) is 4.38. The van der Waals surface area contributed by atoms with E-state index in [1.165, 1.54) is 0 Å². The van der Waals surface area contributed by atoms with E-state index in [0.29, 0.717) is 11.5 Å². The third-order valence-corrected chi connectivity index (χ3v) is 3.16. The fourth-order valence-corrected chi connectivity index (χ4v) is 2.02. The van der Waals surface area contributed by atoms with Crippen molar-refractivity contribution in [1.82, 2.24) is 4.98 Å². The highest BCUT2D eigenvalue weighted by atomic mass is 16.7. The standard InChI is InChI=1S/C14H13NO3/c1-14(16,11-3-2-6-15-8-11)10-4-5-12-13(7-10)18-9-17-12/h2-8,16H,9H2,1H3. The Balaban J connectivity index is 2.04. The lowest BCUT2D eigenvalue weighted by Gasteiger charge is -2.24. The van der Waals surface area contributed by atoms with E-state index in [1.54, 1.807) is 31.5 Å². The van der Waals surface area contributed by atoms with Crippen molar-refractivity contribution in [3.63, 3.8) is 0 Å². The lowest BCUT2D eigenvalue weighted by Crippen LogP contribution is -2.22. The van der Waals surface area contributed by atoms with Crippen molar-refractivity contribution in [1.29, 1.82) is 0 Å². The molecule has 1 aliphatic rings. The Labute approximate surface area is 105 Å². The average Bonchev–Trinajstić information content (AvgIpc) is 2.87. The first-order chi connectivity index (χ1) is 8.68. The third kappa shape index (κ3) is 1.71. The summed E-state index contributed by atoms with van der Waals surface area (Å²) in [4.78, 5) is 4.03. The molecule has 2 heterocycles. The van der Waals surface area contributed by atoms with E-state index < -0.39 is 5.60 Å². The molecule has 1 N–H and O–H groups in total. The first kappa shape index (κ1) is 11.0. The van der Waals surface area contributed by atoms with Gasteiger partial charge < -0.3 is 14.6 Å². The van der Waals surface area contributed by atoms with Gasteiger partial charge in [0.25, 0.3) is 0 Å².